The molecular formula is C17H22N2O2. The Hall–Kier alpha value is -1.84. The molecule has 4 nitrogen and oxygen atoms in total. The molecule has 1 aromatic carbocycles. The number of anilines is 1. The molecule has 0 bridgehead atoms. The number of hydrogen-bond acceptors (Lipinski definition) is 2. The maximum atomic E-state index is 12.9. The number of rotatable bonds is 1. The lowest BCUT2D eigenvalue weighted by atomic mass is 10.0. The van der Waals surface area contributed by atoms with Gasteiger partial charge in [-0.15, -0.1) is 0 Å². The number of carbonyl (C=O) groups excluding carboxylic acids is 2. The van der Waals surface area contributed by atoms with Crippen LogP contribution in [0.2, 0.25) is 0 Å². The van der Waals surface area contributed by atoms with Crippen LogP contribution < -0.4 is 4.90 Å². The molecule has 4 heteroatoms. The van der Waals surface area contributed by atoms with Gasteiger partial charge in [0.2, 0.25) is 11.8 Å². The van der Waals surface area contributed by atoms with E-state index in [1.165, 1.54) is 5.56 Å². The van der Waals surface area contributed by atoms with E-state index in [9.17, 15) is 9.59 Å². The zero-order valence-electron chi connectivity index (χ0n) is 12.8. The van der Waals surface area contributed by atoms with E-state index in [1.807, 2.05) is 24.0 Å². The third-order valence-corrected chi connectivity index (χ3v) is 4.79. The smallest absolute Gasteiger partial charge is 0.249 e. The minimum absolute atomic E-state index is 0.0919. The summed E-state index contributed by atoms with van der Waals surface area (Å²) < 4.78 is 0. The van der Waals surface area contributed by atoms with Crippen LogP contribution in [0.5, 0.6) is 0 Å². The van der Waals surface area contributed by atoms with Crippen molar-refractivity contribution in [1.82, 2.24) is 4.90 Å². The van der Waals surface area contributed by atoms with E-state index in [-0.39, 0.29) is 17.9 Å². The topological polar surface area (TPSA) is 40.6 Å². The number of nitrogens with zero attached hydrogens (tertiary/aromatic N) is 2. The summed E-state index contributed by atoms with van der Waals surface area (Å²) in [5, 5.41) is 0. The van der Waals surface area contributed by atoms with E-state index in [2.05, 4.69) is 13.0 Å². The minimum Gasteiger partial charge on any atom is -0.331 e. The number of piperidine rings is 1. The van der Waals surface area contributed by atoms with Crippen molar-refractivity contribution < 1.29 is 9.59 Å². The average molecular weight is 286 g/mol. The molecule has 21 heavy (non-hydrogen) atoms. The molecule has 0 spiro atoms. The summed E-state index contributed by atoms with van der Waals surface area (Å²) in [4.78, 5) is 28.8. The van der Waals surface area contributed by atoms with Crippen LogP contribution in [0.4, 0.5) is 5.69 Å². The zero-order valence-corrected chi connectivity index (χ0v) is 12.8. The van der Waals surface area contributed by atoms with Gasteiger partial charge in [0.05, 0.1) is 0 Å². The highest BCUT2D eigenvalue weighted by atomic mass is 16.2. The maximum absolute atomic E-state index is 12.9. The molecule has 1 atom stereocenters. The van der Waals surface area contributed by atoms with Gasteiger partial charge in [0, 0.05) is 25.2 Å². The molecule has 0 aliphatic carbocycles. The van der Waals surface area contributed by atoms with Gasteiger partial charge in [-0.3, -0.25) is 9.59 Å². The van der Waals surface area contributed by atoms with Crippen molar-refractivity contribution >= 4 is 17.5 Å². The zero-order chi connectivity index (χ0) is 15.0. The first-order chi connectivity index (χ1) is 10.1. The molecule has 2 aliphatic heterocycles. The highest BCUT2D eigenvalue weighted by Gasteiger charge is 2.38. The Kier molecular flexibility index (Phi) is 3.70. The molecule has 3 rings (SSSR count). The molecule has 0 aromatic heterocycles. The van der Waals surface area contributed by atoms with Crippen LogP contribution in [0.15, 0.2) is 18.2 Å². The quantitative estimate of drug-likeness (QED) is 0.795. The van der Waals surface area contributed by atoms with Gasteiger partial charge in [-0.25, -0.2) is 0 Å². The molecule has 0 N–H and O–H groups in total. The molecular weight excluding hydrogens is 264 g/mol. The van der Waals surface area contributed by atoms with Crippen molar-refractivity contribution in [2.45, 2.75) is 45.6 Å². The highest BCUT2D eigenvalue weighted by Crippen LogP contribution is 2.29. The fourth-order valence-electron chi connectivity index (χ4n) is 3.40. The second kappa shape index (κ2) is 5.51. The fourth-order valence-corrected chi connectivity index (χ4v) is 3.40. The summed E-state index contributed by atoms with van der Waals surface area (Å²) in [6.45, 7) is 5.33. The van der Waals surface area contributed by atoms with Crippen LogP contribution in [-0.4, -0.2) is 35.8 Å². The number of fused-ring (bicyclic) bond motifs is 1. The Balaban J connectivity index is 1.97. The minimum atomic E-state index is -0.256. The third-order valence-electron chi connectivity index (χ3n) is 4.79. The predicted molar refractivity (Wildman–Crippen MR) is 82.2 cm³/mol. The van der Waals surface area contributed by atoms with Gasteiger partial charge in [-0.2, -0.15) is 0 Å². The SMILES string of the molecule is Cc1cccc(N2CCC(=O)N3CCCCC3C2=O)c1C. The number of amides is 2. The summed E-state index contributed by atoms with van der Waals surface area (Å²) in [7, 11) is 0. The molecule has 2 heterocycles. The second-order valence-electron chi connectivity index (χ2n) is 6.06. The van der Waals surface area contributed by atoms with Gasteiger partial charge >= 0.3 is 0 Å². The molecule has 2 fully saturated rings. The number of benzene rings is 1. The van der Waals surface area contributed by atoms with Crippen molar-refractivity contribution in [2.75, 3.05) is 18.0 Å². The summed E-state index contributed by atoms with van der Waals surface area (Å²) in [6.07, 6.45) is 3.27. The van der Waals surface area contributed by atoms with Crippen LogP contribution in [0.3, 0.4) is 0 Å². The van der Waals surface area contributed by atoms with E-state index < -0.39 is 0 Å². The Morgan fingerprint density at radius 1 is 1.10 bits per heavy atom. The van der Waals surface area contributed by atoms with Gasteiger partial charge in [0.1, 0.15) is 6.04 Å². The number of carbonyl (C=O) groups is 2. The lowest BCUT2D eigenvalue weighted by Crippen LogP contribution is -2.50. The number of aryl methyl sites for hydroxylation is 1. The normalized spacial score (nSPS) is 23.0. The first-order valence-electron chi connectivity index (χ1n) is 7.76. The van der Waals surface area contributed by atoms with E-state index in [0.717, 1.165) is 37.1 Å². The lowest BCUT2D eigenvalue weighted by Gasteiger charge is -2.34. The molecule has 0 saturated carbocycles. The predicted octanol–water partition coefficient (Wildman–Crippen LogP) is 2.42. The largest absolute Gasteiger partial charge is 0.331 e. The molecule has 2 saturated heterocycles. The Bertz CT molecular complexity index is 582. The molecule has 1 unspecified atom stereocenters. The lowest BCUT2D eigenvalue weighted by molar-refractivity contribution is -0.138. The second-order valence-corrected chi connectivity index (χ2v) is 6.06. The molecule has 2 amide bonds. The third kappa shape index (κ3) is 2.43. The van der Waals surface area contributed by atoms with Crippen molar-refractivity contribution in [3.05, 3.63) is 29.3 Å². The molecule has 112 valence electrons. The molecule has 2 aliphatic rings. The average Bonchev–Trinajstić information content (AvgIpc) is 2.62. The maximum Gasteiger partial charge on any atom is 0.249 e. The van der Waals surface area contributed by atoms with Gasteiger partial charge in [-0.05, 0) is 50.3 Å². The van der Waals surface area contributed by atoms with Gasteiger partial charge in [0.15, 0.2) is 0 Å². The van der Waals surface area contributed by atoms with Crippen LogP contribution >= 0.6 is 0 Å². The van der Waals surface area contributed by atoms with Gasteiger partial charge < -0.3 is 9.80 Å². The van der Waals surface area contributed by atoms with Crippen molar-refractivity contribution in [1.29, 1.82) is 0 Å². The molecule has 1 aromatic rings. The summed E-state index contributed by atoms with van der Waals surface area (Å²) >= 11 is 0. The van der Waals surface area contributed by atoms with E-state index >= 15 is 0 Å². The first-order valence-corrected chi connectivity index (χ1v) is 7.76. The summed E-state index contributed by atoms with van der Waals surface area (Å²) in [5.74, 6) is 0.218. The highest BCUT2D eigenvalue weighted by molar-refractivity contribution is 6.01. The number of hydrogen-bond donors (Lipinski definition) is 0. The van der Waals surface area contributed by atoms with Crippen molar-refractivity contribution in [2.24, 2.45) is 0 Å². The Morgan fingerprint density at radius 3 is 2.71 bits per heavy atom. The summed E-state index contributed by atoms with van der Waals surface area (Å²) in [6, 6.07) is 5.77. The van der Waals surface area contributed by atoms with Crippen molar-refractivity contribution in [3.63, 3.8) is 0 Å². The van der Waals surface area contributed by atoms with Crippen LogP contribution in [0.25, 0.3) is 0 Å². The van der Waals surface area contributed by atoms with Gasteiger partial charge in [0.25, 0.3) is 0 Å². The monoisotopic (exact) mass is 286 g/mol. The van der Waals surface area contributed by atoms with E-state index in [4.69, 9.17) is 0 Å². The Labute approximate surface area is 125 Å². The van der Waals surface area contributed by atoms with E-state index in [1.54, 1.807) is 4.90 Å². The van der Waals surface area contributed by atoms with E-state index in [0.29, 0.717) is 13.0 Å². The van der Waals surface area contributed by atoms with Gasteiger partial charge in [-0.1, -0.05) is 12.1 Å². The van der Waals surface area contributed by atoms with Crippen LogP contribution in [0, 0.1) is 13.8 Å². The summed E-state index contributed by atoms with van der Waals surface area (Å²) in [5.41, 5.74) is 3.26. The van der Waals surface area contributed by atoms with Crippen molar-refractivity contribution in [3.8, 4) is 0 Å². The van der Waals surface area contributed by atoms with Crippen LogP contribution in [0.1, 0.15) is 36.8 Å². The standard InChI is InChI=1S/C17H22N2O2/c1-12-6-5-8-14(13(12)2)19-11-9-16(20)18-10-4-3-7-15(18)17(19)21/h5-6,8,15H,3-4,7,9-11H2,1-2H3. The Morgan fingerprint density at radius 2 is 1.90 bits per heavy atom. The first kappa shape index (κ1) is 14.1. The van der Waals surface area contributed by atoms with Crippen LogP contribution in [-0.2, 0) is 9.59 Å². The molecule has 0 radical (unpaired) electrons. The fraction of sp³-hybridized carbons (Fsp3) is 0.529.